The Bertz CT molecular complexity index is 513. The fourth-order valence-corrected chi connectivity index (χ4v) is 1.80. The van der Waals surface area contributed by atoms with E-state index in [9.17, 15) is 4.79 Å². The van der Waals surface area contributed by atoms with Crippen LogP contribution >= 0.6 is 0 Å². The molecule has 1 aliphatic rings. The van der Waals surface area contributed by atoms with Crippen molar-refractivity contribution in [2.45, 2.75) is 20.0 Å². The first-order valence-corrected chi connectivity index (χ1v) is 6.18. The largest absolute Gasteiger partial charge is 0.481 e. The molecule has 6 heteroatoms. The van der Waals surface area contributed by atoms with Gasteiger partial charge in [-0.15, -0.1) is 0 Å². The van der Waals surface area contributed by atoms with Gasteiger partial charge in [0.15, 0.2) is 6.10 Å². The van der Waals surface area contributed by atoms with Gasteiger partial charge in [0.05, 0.1) is 12.2 Å². The van der Waals surface area contributed by atoms with Crippen molar-refractivity contribution < 1.29 is 9.53 Å². The number of aliphatic imine (C=N–C) groups is 1. The lowest BCUT2D eigenvalue weighted by molar-refractivity contribution is -0.118. The van der Waals surface area contributed by atoms with Gasteiger partial charge in [0, 0.05) is 25.2 Å². The van der Waals surface area contributed by atoms with Crippen LogP contribution in [-0.4, -0.2) is 30.9 Å². The molecule has 102 valence electrons. The molecule has 0 fully saturated rings. The summed E-state index contributed by atoms with van der Waals surface area (Å²) in [6, 6.07) is 5.45. The van der Waals surface area contributed by atoms with Gasteiger partial charge < -0.3 is 21.1 Å². The van der Waals surface area contributed by atoms with Crippen LogP contribution in [0.15, 0.2) is 23.2 Å². The van der Waals surface area contributed by atoms with Gasteiger partial charge in [-0.3, -0.25) is 9.79 Å². The third kappa shape index (κ3) is 3.37. The number of nitrogens with two attached hydrogens (primary N) is 1. The molecule has 0 spiro atoms. The highest BCUT2D eigenvalue weighted by Gasteiger charge is 2.21. The van der Waals surface area contributed by atoms with E-state index in [-0.39, 0.29) is 12.0 Å². The van der Waals surface area contributed by atoms with Crippen molar-refractivity contribution >= 4 is 23.1 Å². The molecule has 1 heterocycles. The summed E-state index contributed by atoms with van der Waals surface area (Å²) in [7, 11) is 0. The smallest absolute Gasteiger partial charge is 0.216 e. The van der Waals surface area contributed by atoms with Gasteiger partial charge in [-0.25, -0.2) is 0 Å². The average Bonchev–Trinajstić information content (AvgIpc) is 2.34. The Morgan fingerprint density at radius 1 is 1.58 bits per heavy atom. The standard InChI is InChI=1S/C13H18N4O2/c1-8-13(16-6-5-15-9(2)18)17-11-4-3-10(14)7-12(11)19-8/h3-4,7-8H,5-6,14H2,1-2H3,(H,15,18)(H,16,17). The SMILES string of the molecule is CC(=O)NCCN=C1Nc2ccc(N)cc2OC1C. The second-order valence-corrected chi connectivity index (χ2v) is 4.39. The molecule has 1 aliphatic heterocycles. The molecule has 0 saturated carbocycles. The second kappa shape index (κ2) is 5.60. The maximum absolute atomic E-state index is 10.7. The third-order valence-corrected chi connectivity index (χ3v) is 2.73. The minimum absolute atomic E-state index is 0.0538. The van der Waals surface area contributed by atoms with Gasteiger partial charge in [0.25, 0.3) is 0 Å². The molecule has 2 rings (SSSR count). The first-order chi connectivity index (χ1) is 9.06. The molecule has 0 radical (unpaired) electrons. The Kier molecular flexibility index (Phi) is 3.89. The molecule has 1 aromatic rings. The normalized spacial score (nSPS) is 19.3. The molecule has 4 N–H and O–H groups in total. The van der Waals surface area contributed by atoms with Gasteiger partial charge >= 0.3 is 0 Å². The summed E-state index contributed by atoms with van der Waals surface area (Å²) in [6.45, 7) is 4.43. The number of nitrogens with zero attached hydrogens (tertiary/aromatic N) is 1. The number of carbonyl (C=O) groups is 1. The van der Waals surface area contributed by atoms with Crippen molar-refractivity contribution in [3.8, 4) is 5.75 Å². The summed E-state index contributed by atoms with van der Waals surface area (Å²) >= 11 is 0. The number of hydrogen-bond donors (Lipinski definition) is 3. The topological polar surface area (TPSA) is 88.7 Å². The van der Waals surface area contributed by atoms with E-state index in [1.54, 1.807) is 12.1 Å². The van der Waals surface area contributed by atoms with Crippen molar-refractivity contribution in [3.63, 3.8) is 0 Å². The number of nitrogens with one attached hydrogen (secondary N) is 2. The van der Waals surface area contributed by atoms with Gasteiger partial charge in [0.2, 0.25) is 5.91 Å². The highest BCUT2D eigenvalue weighted by molar-refractivity contribution is 6.01. The highest BCUT2D eigenvalue weighted by atomic mass is 16.5. The molecule has 1 aromatic carbocycles. The molecular weight excluding hydrogens is 244 g/mol. The zero-order valence-corrected chi connectivity index (χ0v) is 11.1. The summed E-state index contributed by atoms with van der Waals surface area (Å²) in [4.78, 5) is 15.1. The van der Waals surface area contributed by atoms with Crippen molar-refractivity contribution in [1.29, 1.82) is 0 Å². The Labute approximate surface area is 112 Å². The Morgan fingerprint density at radius 2 is 2.37 bits per heavy atom. The number of rotatable bonds is 3. The first-order valence-electron chi connectivity index (χ1n) is 6.18. The zero-order chi connectivity index (χ0) is 13.8. The minimum atomic E-state index is -0.161. The number of fused-ring (bicyclic) bond motifs is 1. The van der Waals surface area contributed by atoms with Crippen LogP contribution in [0.25, 0.3) is 0 Å². The maximum Gasteiger partial charge on any atom is 0.216 e. The number of carbonyl (C=O) groups excluding carboxylic acids is 1. The van der Waals surface area contributed by atoms with Crippen LogP contribution in [0, 0.1) is 0 Å². The number of amides is 1. The number of ether oxygens (including phenoxy) is 1. The average molecular weight is 262 g/mol. The van der Waals surface area contributed by atoms with E-state index in [1.807, 2.05) is 13.0 Å². The number of amidine groups is 1. The van der Waals surface area contributed by atoms with Crippen molar-refractivity contribution in [1.82, 2.24) is 5.32 Å². The van der Waals surface area contributed by atoms with E-state index in [1.165, 1.54) is 6.92 Å². The van der Waals surface area contributed by atoms with Gasteiger partial charge in [-0.1, -0.05) is 0 Å². The van der Waals surface area contributed by atoms with Crippen molar-refractivity contribution in [2.24, 2.45) is 4.99 Å². The third-order valence-electron chi connectivity index (χ3n) is 2.73. The minimum Gasteiger partial charge on any atom is -0.481 e. The van der Waals surface area contributed by atoms with Crippen molar-refractivity contribution in [2.75, 3.05) is 24.1 Å². The molecule has 6 nitrogen and oxygen atoms in total. The van der Waals surface area contributed by atoms with Crippen molar-refractivity contribution in [3.05, 3.63) is 18.2 Å². The lowest BCUT2D eigenvalue weighted by Crippen LogP contribution is -2.35. The molecule has 0 saturated heterocycles. The van der Waals surface area contributed by atoms with Crippen LogP contribution in [0.5, 0.6) is 5.75 Å². The van der Waals surface area contributed by atoms with Gasteiger partial charge in [-0.2, -0.15) is 0 Å². The molecule has 0 bridgehead atoms. The van der Waals surface area contributed by atoms with Crippen LogP contribution < -0.4 is 21.1 Å². The van der Waals surface area contributed by atoms with Crippen LogP contribution in [0.3, 0.4) is 0 Å². The number of nitrogen functional groups attached to an aromatic ring is 1. The Balaban J connectivity index is 2.02. The van der Waals surface area contributed by atoms with Gasteiger partial charge in [0.1, 0.15) is 11.6 Å². The summed E-state index contributed by atoms with van der Waals surface area (Å²) in [5, 5.41) is 5.91. The molecule has 19 heavy (non-hydrogen) atoms. The summed E-state index contributed by atoms with van der Waals surface area (Å²) in [5.74, 6) is 1.43. The molecular formula is C13H18N4O2. The fourth-order valence-electron chi connectivity index (χ4n) is 1.80. The van der Waals surface area contributed by atoms with Crippen LogP contribution in [-0.2, 0) is 4.79 Å². The predicted octanol–water partition coefficient (Wildman–Crippen LogP) is 0.996. The predicted molar refractivity (Wildman–Crippen MR) is 75.6 cm³/mol. The molecule has 0 aliphatic carbocycles. The van der Waals surface area contributed by atoms with E-state index >= 15 is 0 Å². The molecule has 1 unspecified atom stereocenters. The van der Waals surface area contributed by atoms with Crippen LogP contribution in [0.4, 0.5) is 11.4 Å². The summed E-state index contributed by atoms with van der Waals surface area (Å²) in [6.07, 6.45) is -0.161. The second-order valence-electron chi connectivity index (χ2n) is 4.39. The molecule has 0 aromatic heterocycles. The van der Waals surface area contributed by atoms with E-state index in [0.717, 1.165) is 17.3 Å². The number of anilines is 2. The van der Waals surface area contributed by atoms with Gasteiger partial charge in [-0.05, 0) is 19.1 Å². The lowest BCUT2D eigenvalue weighted by atomic mass is 10.2. The van der Waals surface area contributed by atoms with E-state index in [0.29, 0.717) is 18.8 Å². The summed E-state index contributed by atoms with van der Waals surface area (Å²) in [5.41, 5.74) is 7.23. The molecule has 1 atom stereocenters. The van der Waals surface area contributed by atoms with E-state index < -0.39 is 0 Å². The maximum atomic E-state index is 10.7. The highest BCUT2D eigenvalue weighted by Crippen LogP contribution is 2.31. The quantitative estimate of drug-likeness (QED) is 0.560. The monoisotopic (exact) mass is 262 g/mol. The first kappa shape index (κ1) is 13.2. The number of hydrogen-bond acceptors (Lipinski definition) is 4. The molecule has 1 amide bonds. The van der Waals surface area contributed by atoms with Crippen LogP contribution in [0.1, 0.15) is 13.8 Å². The number of benzene rings is 1. The fraction of sp³-hybridized carbons (Fsp3) is 0.385. The van der Waals surface area contributed by atoms with E-state index in [4.69, 9.17) is 10.5 Å². The Morgan fingerprint density at radius 3 is 3.11 bits per heavy atom. The lowest BCUT2D eigenvalue weighted by Gasteiger charge is -2.26. The Hall–Kier alpha value is -2.24. The van der Waals surface area contributed by atoms with Crippen LogP contribution in [0.2, 0.25) is 0 Å². The van der Waals surface area contributed by atoms with E-state index in [2.05, 4.69) is 15.6 Å². The summed E-state index contributed by atoms with van der Waals surface area (Å²) < 4.78 is 5.74. The zero-order valence-electron chi connectivity index (χ0n) is 11.1.